The maximum absolute atomic E-state index is 5.95. The Morgan fingerprint density at radius 2 is 2.00 bits per heavy atom. The summed E-state index contributed by atoms with van der Waals surface area (Å²) in [4.78, 5) is 0. The van der Waals surface area contributed by atoms with E-state index >= 15 is 0 Å². The number of nitrogens with two attached hydrogens (primary N) is 2. The molecule has 0 amide bonds. The molecule has 0 spiro atoms. The monoisotopic (exact) mass is 332 g/mol. The molecule has 2 aromatic carbocycles. The fraction of sp³-hybridized carbons (Fsp3) is 0.125. The predicted octanol–water partition coefficient (Wildman–Crippen LogP) is 2.53. The summed E-state index contributed by atoms with van der Waals surface area (Å²) in [6.07, 6.45) is 1.52. The van der Waals surface area contributed by atoms with Crippen molar-refractivity contribution in [2.45, 2.75) is 6.61 Å². The van der Waals surface area contributed by atoms with Crippen LogP contribution in [0.2, 0.25) is 5.02 Å². The quantitative estimate of drug-likeness (QED) is 0.482. The van der Waals surface area contributed by atoms with Crippen molar-refractivity contribution in [3.05, 3.63) is 58.6 Å². The van der Waals surface area contributed by atoms with Gasteiger partial charge in [-0.3, -0.25) is 0 Å². The first-order valence-electron chi connectivity index (χ1n) is 6.75. The summed E-state index contributed by atoms with van der Waals surface area (Å²) >= 11 is 5.95. The van der Waals surface area contributed by atoms with Crippen LogP contribution in [0.4, 0.5) is 0 Å². The van der Waals surface area contributed by atoms with E-state index in [1.807, 2.05) is 30.3 Å². The van der Waals surface area contributed by atoms with Crippen LogP contribution in [0.1, 0.15) is 11.1 Å². The molecule has 23 heavy (non-hydrogen) atoms. The Bertz CT molecular complexity index is 728. The second kappa shape index (κ2) is 8.05. The van der Waals surface area contributed by atoms with E-state index in [0.717, 1.165) is 11.1 Å². The number of rotatable bonds is 6. The van der Waals surface area contributed by atoms with Crippen molar-refractivity contribution in [1.29, 1.82) is 0 Å². The van der Waals surface area contributed by atoms with E-state index in [1.165, 1.54) is 6.21 Å². The highest BCUT2D eigenvalue weighted by Gasteiger charge is 2.06. The zero-order chi connectivity index (χ0) is 16.7. The van der Waals surface area contributed by atoms with Gasteiger partial charge in [0.1, 0.15) is 6.61 Å². The summed E-state index contributed by atoms with van der Waals surface area (Å²) in [5, 5.41) is 7.96. The minimum Gasteiger partial charge on any atom is -0.493 e. The van der Waals surface area contributed by atoms with Crippen molar-refractivity contribution in [3.8, 4) is 11.5 Å². The lowest BCUT2D eigenvalue weighted by Gasteiger charge is -2.11. The third-order valence-corrected chi connectivity index (χ3v) is 3.09. The molecule has 0 aliphatic rings. The molecule has 0 unspecified atom stereocenters. The van der Waals surface area contributed by atoms with Gasteiger partial charge in [0.2, 0.25) is 5.96 Å². The summed E-state index contributed by atoms with van der Waals surface area (Å²) in [7, 11) is 1.57. The van der Waals surface area contributed by atoms with Crippen LogP contribution in [0.25, 0.3) is 0 Å². The van der Waals surface area contributed by atoms with Crippen LogP contribution >= 0.6 is 11.6 Å². The van der Waals surface area contributed by atoms with Crippen molar-refractivity contribution in [2.75, 3.05) is 7.11 Å². The molecular weight excluding hydrogens is 316 g/mol. The molecule has 0 bridgehead atoms. The minimum absolute atomic E-state index is 0.102. The van der Waals surface area contributed by atoms with Crippen molar-refractivity contribution < 1.29 is 9.47 Å². The zero-order valence-electron chi connectivity index (χ0n) is 12.6. The van der Waals surface area contributed by atoms with E-state index in [9.17, 15) is 0 Å². The summed E-state index contributed by atoms with van der Waals surface area (Å²) in [6, 6.07) is 12.9. The summed E-state index contributed by atoms with van der Waals surface area (Å²) in [5.41, 5.74) is 12.2. The number of hydrogen-bond acceptors (Lipinski definition) is 4. The number of methoxy groups -OCH3 is 1. The molecule has 0 saturated heterocycles. The first kappa shape index (κ1) is 16.6. The molecule has 4 N–H and O–H groups in total. The fourth-order valence-electron chi connectivity index (χ4n) is 1.83. The second-order valence-electron chi connectivity index (χ2n) is 4.60. The van der Waals surface area contributed by atoms with Crippen molar-refractivity contribution >= 4 is 23.8 Å². The molecule has 0 aromatic heterocycles. The van der Waals surface area contributed by atoms with Gasteiger partial charge in [0.05, 0.1) is 13.3 Å². The van der Waals surface area contributed by atoms with Crippen LogP contribution in [0.15, 0.2) is 52.7 Å². The van der Waals surface area contributed by atoms with Gasteiger partial charge in [0.15, 0.2) is 11.5 Å². The summed E-state index contributed by atoms with van der Waals surface area (Å²) < 4.78 is 11.1. The minimum atomic E-state index is -0.102. The lowest BCUT2D eigenvalue weighted by atomic mass is 10.2. The molecule has 0 atom stereocenters. The highest BCUT2D eigenvalue weighted by Crippen LogP contribution is 2.28. The van der Waals surface area contributed by atoms with Crippen molar-refractivity contribution in [1.82, 2.24) is 0 Å². The molecule has 2 rings (SSSR count). The van der Waals surface area contributed by atoms with Gasteiger partial charge in [0.25, 0.3) is 0 Å². The van der Waals surface area contributed by atoms with Gasteiger partial charge >= 0.3 is 0 Å². The van der Waals surface area contributed by atoms with E-state index in [2.05, 4.69) is 10.2 Å². The smallest absolute Gasteiger partial charge is 0.211 e. The Labute approximate surface area is 139 Å². The van der Waals surface area contributed by atoms with E-state index < -0.39 is 0 Å². The van der Waals surface area contributed by atoms with Crippen molar-refractivity contribution in [2.24, 2.45) is 21.7 Å². The average molecular weight is 333 g/mol. The number of guanidine groups is 1. The first-order chi connectivity index (χ1) is 11.1. The van der Waals surface area contributed by atoms with Crippen LogP contribution in [-0.2, 0) is 6.61 Å². The second-order valence-corrected chi connectivity index (χ2v) is 5.03. The SMILES string of the molecule is COc1cc(C=NN=C(N)N)ccc1OCc1cccc(Cl)c1. The highest BCUT2D eigenvalue weighted by molar-refractivity contribution is 6.30. The largest absolute Gasteiger partial charge is 0.493 e. The van der Waals surface area contributed by atoms with Gasteiger partial charge in [-0.2, -0.15) is 5.10 Å². The van der Waals surface area contributed by atoms with Crippen LogP contribution < -0.4 is 20.9 Å². The van der Waals surface area contributed by atoms with E-state index in [4.69, 9.17) is 32.5 Å². The zero-order valence-corrected chi connectivity index (χ0v) is 13.3. The number of hydrogen-bond donors (Lipinski definition) is 2. The standard InChI is InChI=1S/C16H17ClN4O2/c1-22-15-8-11(9-20-21-16(18)19)5-6-14(15)23-10-12-3-2-4-13(17)7-12/h2-9H,10H2,1H3,(H4,18,19,21). The fourth-order valence-corrected chi connectivity index (χ4v) is 2.05. The van der Waals surface area contributed by atoms with Gasteiger partial charge in [-0.15, -0.1) is 5.10 Å². The molecule has 120 valence electrons. The van der Waals surface area contributed by atoms with Gasteiger partial charge in [-0.05, 0) is 41.5 Å². The van der Waals surface area contributed by atoms with Crippen LogP contribution in [0.3, 0.4) is 0 Å². The number of ether oxygens (including phenoxy) is 2. The predicted molar refractivity (Wildman–Crippen MR) is 92.2 cm³/mol. The topological polar surface area (TPSA) is 95.2 Å². The summed E-state index contributed by atoms with van der Waals surface area (Å²) in [5.74, 6) is 1.10. The molecule has 0 aliphatic heterocycles. The Hall–Kier alpha value is -2.73. The summed E-state index contributed by atoms with van der Waals surface area (Å²) in [6.45, 7) is 0.387. The van der Waals surface area contributed by atoms with Gasteiger partial charge in [-0.25, -0.2) is 0 Å². The number of nitrogens with zero attached hydrogens (tertiary/aromatic N) is 2. The Morgan fingerprint density at radius 3 is 2.70 bits per heavy atom. The third kappa shape index (κ3) is 5.19. The maximum Gasteiger partial charge on any atom is 0.211 e. The van der Waals surface area contributed by atoms with Gasteiger partial charge < -0.3 is 20.9 Å². The lowest BCUT2D eigenvalue weighted by Crippen LogP contribution is -2.21. The Kier molecular flexibility index (Phi) is 5.82. The van der Waals surface area contributed by atoms with E-state index in [1.54, 1.807) is 19.2 Å². The molecule has 0 fully saturated rings. The first-order valence-corrected chi connectivity index (χ1v) is 7.13. The van der Waals surface area contributed by atoms with Crippen molar-refractivity contribution in [3.63, 3.8) is 0 Å². The number of halogens is 1. The van der Waals surface area contributed by atoms with Crippen LogP contribution in [0, 0.1) is 0 Å². The molecule has 0 aliphatic carbocycles. The van der Waals surface area contributed by atoms with Crippen LogP contribution in [0.5, 0.6) is 11.5 Å². The van der Waals surface area contributed by atoms with Gasteiger partial charge in [-0.1, -0.05) is 23.7 Å². The Balaban J connectivity index is 2.10. The Morgan fingerprint density at radius 1 is 1.17 bits per heavy atom. The molecule has 2 aromatic rings. The van der Waals surface area contributed by atoms with Crippen LogP contribution in [-0.4, -0.2) is 19.3 Å². The van der Waals surface area contributed by atoms with Gasteiger partial charge in [0, 0.05) is 5.02 Å². The number of benzene rings is 2. The normalized spacial score (nSPS) is 10.5. The molecule has 7 heteroatoms. The third-order valence-electron chi connectivity index (χ3n) is 2.85. The maximum atomic E-state index is 5.95. The molecular formula is C16H17ClN4O2. The van der Waals surface area contributed by atoms with E-state index in [0.29, 0.717) is 23.1 Å². The highest BCUT2D eigenvalue weighted by atomic mass is 35.5. The lowest BCUT2D eigenvalue weighted by molar-refractivity contribution is 0.284. The molecule has 0 heterocycles. The molecule has 6 nitrogen and oxygen atoms in total. The molecule has 0 saturated carbocycles. The van der Waals surface area contributed by atoms with E-state index in [-0.39, 0.29) is 5.96 Å². The molecule has 0 radical (unpaired) electrons. The average Bonchev–Trinajstić information content (AvgIpc) is 2.53.